The van der Waals surface area contributed by atoms with Crippen LogP contribution in [0.4, 0.5) is 0 Å². The molecule has 1 aromatic rings. The molecule has 3 rings (SSSR count). The fourth-order valence-electron chi connectivity index (χ4n) is 2.71. The first-order valence-electron chi connectivity index (χ1n) is 6.49. The second-order valence-electron chi connectivity index (χ2n) is 4.90. The molecule has 0 saturated carbocycles. The predicted octanol–water partition coefficient (Wildman–Crippen LogP) is 4.18. The molecule has 0 spiro atoms. The van der Waals surface area contributed by atoms with Crippen molar-refractivity contribution in [2.75, 3.05) is 0 Å². The van der Waals surface area contributed by atoms with E-state index in [9.17, 15) is 0 Å². The van der Waals surface area contributed by atoms with Crippen LogP contribution in [0.1, 0.15) is 37.3 Å². The molecule has 0 heterocycles. The molecule has 1 nitrogen and oxygen atoms in total. The molecule has 0 N–H and O–H groups in total. The maximum Gasteiger partial charge on any atom is 0.130 e. The maximum atomic E-state index is 6.14. The van der Waals surface area contributed by atoms with Crippen LogP contribution in [0.15, 0.2) is 41.7 Å². The van der Waals surface area contributed by atoms with Gasteiger partial charge in [0.25, 0.3) is 0 Å². The van der Waals surface area contributed by atoms with E-state index in [0.29, 0.717) is 0 Å². The molecule has 0 fully saturated rings. The van der Waals surface area contributed by atoms with Crippen LogP contribution >= 0.6 is 0 Å². The van der Waals surface area contributed by atoms with Crippen LogP contribution in [0.25, 0.3) is 0 Å². The zero-order valence-electron chi connectivity index (χ0n) is 10.3. The third-order valence-corrected chi connectivity index (χ3v) is 3.68. The summed E-state index contributed by atoms with van der Waals surface area (Å²) in [6.07, 6.45) is 10.2. The highest BCUT2D eigenvalue weighted by Crippen LogP contribution is 2.33. The average molecular weight is 226 g/mol. The van der Waals surface area contributed by atoms with Crippen molar-refractivity contribution < 1.29 is 4.74 Å². The van der Waals surface area contributed by atoms with Crippen LogP contribution < -0.4 is 4.74 Å². The van der Waals surface area contributed by atoms with Crippen molar-refractivity contribution in [2.24, 2.45) is 0 Å². The number of hydrogen-bond acceptors (Lipinski definition) is 1. The van der Waals surface area contributed by atoms with E-state index in [1.807, 2.05) is 0 Å². The van der Waals surface area contributed by atoms with Crippen LogP contribution in [-0.2, 0) is 12.8 Å². The highest BCUT2D eigenvalue weighted by atomic mass is 16.5. The SMILES string of the molecule is CC1=C(Oc2cccc3c2CCC3)CCC=C1. The molecule has 0 aromatic heterocycles. The lowest BCUT2D eigenvalue weighted by molar-refractivity contribution is 0.393. The Bertz CT molecular complexity index is 494. The molecule has 2 aliphatic rings. The molecule has 0 bridgehead atoms. The number of benzene rings is 1. The van der Waals surface area contributed by atoms with Crippen molar-refractivity contribution in [3.8, 4) is 5.75 Å². The Hall–Kier alpha value is -1.50. The van der Waals surface area contributed by atoms with Gasteiger partial charge in [-0.2, -0.15) is 0 Å². The van der Waals surface area contributed by atoms with Gasteiger partial charge in [-0.25, -0.2) is 0 Å². The summed E-state index contributed by atoms with van der Waals surface area (Å²) in [6, 6.07) is 6.47. The van der Waals surface area contributed by atoms with Gasteiger partial charge in [-0.1, -0.05) is 24.3 Å². The first-order chi connectivity index (χ1) is 8.34. The lowest BCUT2D eigenvalue weighted by atomic mass is 10.1. The number of ether oxygens (including phenoxy) is 1. The van der Waals surface area contributed by atoms with E-state index in [4.69, 9.17) is 4.74 Å². The van der Waals surface area contributed by atoms with Gasteiger partial charge in [0.15, 0.2) is 0 Å². The Morgan fingerprint density at radius 1 is 1.12 bits per heavy atom. The molecule has 0 aliphatic heterocycles. The van der Waals surface area contributed by atoms with Crippen molar-refractivity contribution >= 4 is 0 Å². The summed E-state index contributed by atoms with van der Waals surface area (Å²) < 4.78 is 6.14. The Labute approximate surface area is 103 Å². The normalized spacial score (nSPS) is 18.4. The minimum absolute atomic E-state index is 1.03. The van der Waals surface area contributed by atoms with E-state index in [-0.39, 0.29) is 0 Å². The van der Waals surface area contributed by atoms with E-state index >= 15 is 0 Å². The largest absolute Gasteiger partial charge is 0.461 e. The number of hydrogen-bond donors (Lipinski definition) is 0. The summed E-state index contributed by atoms with van der Waals surface area (Å²) in [7, 11) is 0. The molecule has 0 radical (unpaired) electrons. The smallest absolute Gasteiger partial charge is 0.130 e. The standard InChI is InChI=1S/C16H18O/c1-12-6-2-3-10-15(12)17-16-11-5-8-13-7-4-9-14(13)16/h2,5-6,8,11H,3-4,7,9-10H2,1H3. The van der Waals surface area contributed by atoms with Crippen molar-refractivity contribution in [3.63, 3.8) is 0 Å². The second-order valence-corrected chi connectivity index (χ2v) is 4.90. The molecule has 0 amide bonds. The van der Waals surface area contributed by atoms with Crippen molar-refractivity contribution in [2.45, 2.75) is 39.0 Å². The number of rotatable bonds is 2. The topological polar surface area (TPSA) is 9.23 Å². The molecular weight excluding hydrogens is 208 g/mol. The fraction of sp³-hybridized carbons (Fsp3) is 0.375. The lowest BCUT2D eigenvalue weighted by Crippen LogP contribution is -2.02. The first kappa shape index (κ1) is 10.6. The highest BCUT2D eigenvalue weighted by Gasteiger charge is 2.17. The van der Waals surface area contributed by atoms with Gasteiger partial charge >= 0.3 is 0 Å². The molecular formula is C16H18O. The molecule has 88 valence electrons. The molecule has 2 aliphatic carbocycles. The predicted molar refractivity (Wildman–Crippen MR) is 70.2 cm³/mol. The summed E-state index contributed by atoms with van der Waals surface area (Å²) in [5, 5.41) is 0. The Kier molecular flexibility index (Phi) is 2.76. The van der Waals surface area contributed by atoms with Crippen LogP contribution in [0, 0.1) is 0 Å². The maximum absolute atomic E-state index is 6.14. The molecule has 0 unspecified atom stereocenters. The summed E-state index contributed by atoms with van der Waals surface area (Å²) in [5.41, 5.74) is 4.18. The third-order valence-electron chi connectivity index (χ3n) is 3.68. The van der Waals surface area contributed by atoms with Gasteiger partial charge in [-0.05, 0) is 55.4 Å². The van der Waals surface area contributed by atoms with Gasteiger partial charge in [0.1, 0.15) is 11.5 Å². The summed E-state index contributed by atoms with van der Waals surface area (Å²) in [4.78, 5) is 0. The monoisotopic (exact) mass is 226 g/mol. The van der Waals surface area contributed by atoms with Gasteiger partial charge in [-0.3, -0.25) is 0 Å². The van der Waals surface area contributed by atoms with Gasteiger partial charge in [0.2, 0.25) is 0 Å². The molecule has 17 heavy (non-hydrogen) atoms. The van der Waals surface area contributed by atoms with E-state index in [2.05, 4.69) is 37.3 Å². The molecule has 0 atom stereocenters. The Morgan fingerprint density at radius 2 is 2.06 bits per heavy atom. The van der Waals surface area contributed by atoms with Crippen LogP contribution in [-0.4, -0.2) is 0 Å². The van der Waals surface area contributed by atoms with E-state index < -0.39 is 0 Å². The molecule has 1 aromatic carbocycles. The zero-order chi connectivity index (χ0) is 11.7. The van der Waals surface area contributed by atoms with Crippen molar-refractivity contribution in [1.29, 1.82) is 0 Å². The van der Waals surface area contributed by atoms with Crippen LogP contribution in [0.2, 0.25) is 0 Å². The van der Waals surface area contributed by atoms with E-state index in [0.717, 1.165) is 24.4 Å². The van der Waals surface area contributed by atoms with E-state index in [1.165, 1.54) is 36.0 Å². The van der Waals surface area contributed by atoms with E-state index in [1.54, 1.807) is 0 Å². The number of aryl methyl sites for hydroxylation is 1. The van der Waals surface area contributed by atoms with Crippen molar-refractivity contribution in [3.05, 3.63) is 52.8 Å². The highest BCUT2D eigenvalue weighted by molar-refractivity contribution is 5.44. The fourth-order valence-corrected chi connectivity index (χ4v) is 2.71. The van der Waals surface area contributed by atoms with Crippen molar-refractivity contribution in [1.82, 2.24) is 0 Å². The summed E-state index contributed by atoms with van der Waals surface area (Å²) in [6.45, 7) is 2.13. The number of allylic oxidation sites excluding steroid dienone is 4. The minimum Gasteiger partial charge on any atom is -0.461 e. The minimum atomic E-state index is 1.03. The quantitative estimate of drug-likeness (QED) is 0.735. The lowest BCUT2D eigenvalue weighted by Gasteiger charge is -2.16. The second kappa shape index (κ2) is 4.40. The van der Waals surface area contributed by atoms with Gasteiger partial charge in [0, 0.05) is 6.42 Å². The average Bonchev–Trinajstić information content (AvgIpc) is 2.81. The van der Waals surface area contributed by atoms with Gasteiger partial charge in [0.05, 0.1) is 0 Å². The van der Waals surface area contributed by atoms with Gasteiger partial charge < -0.3 is 4.74 Å². The molecule has 1 heteroatoms. The third kappa shape index (κ3) is 2.02. The zero-order valence-corrected chi connectivity index (χ0v) is 10.3. The first-order valence-corrected chi connectivity index (χ1v) is 6.49. The Balaban J connectivity index is 1.91. The molecule has 0 saturated heterocycles. The van der Waals surface area contributed by atoms with Gasteiger partial charge in [-0.15, -0.1) is 0 Å². The summed E-state index contributed by atoms with van der Waals surface area (Å²) >= 11 is 0. The summed E-state index contributed by atoms with van der Waals surface area (Å²) in [5.74, 6) is 2.23. The van der Waals surface area contributed by atoms with Crippen LogP contribution in [0.5, 0.6) is 5.75 Å². The Morgan fingerprint density at radius 3 is 2.94 bits per heavy atom. The van der Waals surface area contributed by atoms with Crippen LogP contribution in [0.3, 0.4) is 0 Å². The number of fused-ring (bicyclic) bond motifs is 1.